The van der Waals surface area contributed by atoms with Crippen LogP contribution in [0.2, 0.25) is 0 Å². The van der Waals surface area contributed by atoms with E-state index in [9.17, 15) is 14.4 Å². The molecule has 3 N–H and O–H groups in total. The Balaban J connectivity index is 3.01. The number of esters is 1. The molecule has 0 radical (unpaired) electrons. The third kappa shape index (κ3) is 5.37. The van der Waals surface area contributed by atoms with Gasteiger partial charge in [0.05, 0.1) is 5.92 Å². The molecule has 0 saturated carbocycles. The lowest BCUT2D eigenvalue weighted by Crippen LogP contribution is -2.46. The van der Waals surface area contributed by atoms with E-state index in [1.54, 1.807) is 13.8 Å². The van der Waals surface area contributed by atoms with Crippen molar-refractivity contribution < 1.29 is 19.1 Å². The number of benzene rings is 1. The zero-order valence-corrected chi connectivity index (χ0v) is 14.6. The molecule has 0 aliphatic carbocycles. The number of hydrogen-bond acceptors (Lipinski definition) is 4. The highest BCUT2D eigenvalue weighted by Crippen LogP contribution is 2.29. The number of carbonyl (C=O) groups excluding carboxylic acids is 3. The molecule has 24 heavy (non-hydrogen) atoms. The van der Waals surface area contributed by atoms with Gasteiger partial charge in [0.2, 0.25) is 0 Å². The van der Waals surface area contributed by atoms with Crippen LogP contribution in [0.15, 0.2) is 30.3 Å². The van der Waals surface area contributed by atoms with Gasteiger partial charge >= 0.3 is 12.0 Å². The van der Waals surface area contributed by atoms with Gasteiger partial charge < -0.3 is 10.5 Å². The molecule has 3 amide bonds. The molecule has 0 bridgehead atoms. The first-order valence-electron chi connectivity index (χ1n) is 8.13. The fraction of sp³-hybridized carbons (Fsp3) is 0.500. The van der Waals surface area contributed by atoms with Crippen molar-refractivity contribution in [3.05, 3.63) is 35.9 Å². The highest BCUT2D eigenvalue weighted by Gasteiger charge is 2.33. The predicted molar refractivity (Wildman–Crippen MR) is 91.1 cm³/mol. The number of carbonyl (C=O) groups is 3. The maximum atomic E-state index is 12.7. The van der Waals surface area contributed by atoms with E-state index in [0.29, 0.717) is 0 Å². The Labute approximate surface area is 142 Å². The van der Waals surface area contributed by atoms with E-state index in [4.69, 9.17) is 10.5 Å². The first-order chi connectivity index (χ1) is 11.3. The van der Waals surface area contributed by atoms with Gasteiger partial charge in [-0.3, -0.25) is 14.9 Å². The number of nitrogens with two attached hydrogens (primary N) is 1. The second-order valence-electron chi connectivity index (χ2n) is 6.23. The third-order valence-electron chi connectivity index (χ3n) is 3.98. The Bertz CT molecular complexity index is 572. The van der Waals surface area contributed by atoms with Crippen LogP contribution in [0, 0.1) is 11.8 Å². The van der Waals surface area contributed by atoms with Gasteiger partial charge in [-0.15, -0.1) is 0 Å². The minimum Gasteiger partial charge on any atom is -0.451 e. The van der Waals surface area contributed by atoms with Gasteiger partial charge in [0.1, 0.15) is 0 Å². The van der Waals surface area contributed by atoms with Gasteiger partial charge in [-0.05, 0) is 17.4 Å². The van der Waals surface area contributed by atoms with Gasteiger partial charge in [0, 0.05) is 0 Å². The monoisotopic (exact) mass is 334 g/mol. The van der Waals surface area contributed by atoms with Crippen LogP contribution in [-0.4, -0.2) is 24.0 Å². The van der Waals surface area contributed by atoms with Crippen molar-refractivity contribution in [3.63, 3.8) is 0 Å². The van der Waals surface area contributed by atoms with E-state index < -0.39 is 29.9 Å². The Hall–Kier alpha value is -2.37. The summed E-state index contributed by atoms with van der Waals surface area (Å²) in [6.45, 7) is 7.43. The molecule has 0 heterocycles. The van der Waals surface area contributed by atoms with Crippen molar-refractivity contribution in [2.75, 3.05) is 0 Å². The largest absolute Gasteiger partial charge is 0.451 e. The minimum absolute atomic E-state index is 0.0481. The summed E-state index contributed by atoms with van der Waals surface area (Å²) in [6, 6.07) is 8.36. The molecule has 6 nitrogen and oxygen atoms in total. The van der Waals surface area contributed by atoms with Crippen LogP contribution in [-0.2, 0) is 14.3 Å². The second-order valence-corrected chi connectivity index (χ2v) is 6.23. The molecular weight excluding hydrogens is 308 g/mol. The van der Waals surface area contributed by atoms with Crippen LogP contribution in [0.4, 0.5) is 4.79 Å². The van der Waals surface area contributed by atoms with Crippen LogP contribution in [0.1, 0.15) is 45.6 Å². The van der Waals surface area contributed by atoms with E-state index in [2.05, 4.69) is 0 Å². The molecule has 1 aromatic rings. The van der Waals surface area contributed by atoms with E-state index in [1.165, 1.54) is 0 Å². The van der Waals surface area contributed by atoms with Gasteiger partial charge in [-0.1, -0.05) is 64.4 Å². The molecule has 0 aliphatic heterocycles. The Kier molecular flexibility index (Phi) is 7.42. The molecule has 0 fully saturated rings. The lowest BCUT2D eigenvalue weighted by atomic mass is 9.85. The smallest absolute Gasteiger partial charge is 0.318 e. The van der Waals surface area contributed by atoms with E-state index in [0.717, 1.165) is 12.0 Å². The molecule has 0 spiro atoms. The van der Waals surface area contributed by atoms with Gasteiger partial charge in [0.25, 0.3) is 5.91 Å². The zero-order valence-electron chi connectivity index (χ0n) is 14.6. The van der Waals surface area contributed by atoms with Crippen molar-refractivity contribution >= 4 is 17.9 Å². The molecule has 6 heteroatoms. The average Bonchev–Trinajstić information content (AvgIpc) is 2.52. The molecule has 1 aromatic carbocycles. The number of hydrogen-bond donors (Lipinski definition) is 2. The van der Waals surface area contributed by atoms with Crippen LogP contribution in [0.5, 0.6) is 0 Å². The third-order valence-corrected chi connectivity index (χ3v) is 3.98. The summed E-state index contributed by atoms with van der Waals surface area (Å²) in [5, 5.41) is 1.97. The SMILES string of the molecule is CC[C@H](C)[C@@H](C(=O)O[C@H](C(=O)NC(N)=O)C(C)C)c1ccccc1. The van der Waals surface area contributed by atoms with Crippen molar-refractivity contribution in [2.45, 2.75) is 46.1 Å². The highest BCUT2D eigenvalue weighted by molar-refractivity contribution is 5.97. The molecule has 0 aromatic heterocycles. The summed E-state index contributed by atoms with van der Waals surface area (Å²) in [5.41, 5.74) is 5.81. The van der Waals surface area contributed by atoms with Crippen LogP contribution < -0.4 is 11.1 Å². The van der Waals surface area contributed by atoms with E-state index in [-0.39, 0.29) is 11.8 Å². The predicted octanol–water partition coefficient (Wildman–Crippen LogP) is 2.58. The second kappa shape index (κ2) is 9.05. The van der Waals surface area contributed by atoms with Crippen molar-refractivity contribution in [1.29, 1.82) is 0 Å². The van der Waals surface area contributed by atoms with Crippen LogP contribution >= 0.6 is 0 Å². The quantitative estimate of drug-likeness (QED) is 0.749. The van der Waals surface area contributed by atoms with E-state index in [1.807, 2.05) is 49.5 Å². The highest BCUT2D eigenvalue weighted by atomic mass is 16.5. The number of rotatable bonds is 7. The number of ether oxygens (including phenoxy) is 1. The number of urea groups is 1. The summed E-state index contributed by atoms with van der Waals surface area (Å²) < 4.78 is 5.46. The minimum atomic E-state index is -1.07. The number of amides is 3. The average molecular weight is 334 g/mol. The fourth-order valence-electron chi connectivity index (χ4n) is 2.48. The number of primary amides is 1. The summed E-state index contributed by atoms with van der Waals surface area (Å²) in [7, 11) is 0. The Morgan fingerprint density at radius 1 is 1.12 bits per heavy atom. The molecule has 0 aliphatic rings. The normalized spacial score (nSPS) is 14.5. The first-order valence-corrected chi connectivity index (χ1v) is 8.13. The first kappa shape index (κ1) is 19.7. The summed E-state index contributed by atoms with van der Waals surface area (Å²) in [6.07, 6.45) is -0.283. The lowest BCUT2D eigenvalue weighted by molar-refractivity contribution is -0.160. The van der Waals surface area contributed by atoms with Gasteiger partial charge in [-0.25, -0.2) is 4.79 Å². The summed E-state index contributed by atoms with van der Waals surface area (Å²) in [4.78, 5) is 35.7. The summed E-state index contributed by atoms with van der Waals surface area (Å²) in [5.74, 6) is -1.90. The Morgan fingerprint density at radius 3 is 2.17 bits per heavy atom. The fourth-order valence-corrected chi connectivity index (χ4v) is 2.48. The van der Waals surface area contributed by atoms with Crippen LogP contribution in [0.3, 0.4) is 0 Å². The van der Waals surface area contributed by atoms with Gasteiger partial charge in [0.15, 0.2) is 6.10 Å². The molecule has 1 rings (SSSR count). The molecule has 0 unspecified atom stereocenters. The van der Waals surface area contributed by atoms with Crippen LogP contribution in [0.25, 0.3) is 0 Å². The standard InChI is InChI=1S/C18H26N2O4/c1-5-12(4)14(13-9-7-6-8-10-13)17(22)24-15(11(2)3)16(21)20-18(19)23/h6-12,14-15H,5H2,1-4H3,(H3,19,20,21,23)/t12-,14+,15-/m0/s1. The lowest BCUT2D eigenvalue weighted by Gasteiger charge is -2.26. The maximum absolute atomic E-state index is 12.7. The zero-order chi connectivity index (χ0) is 18.3. The molecule has 3 atom stereocenters. The topological polar surface area (TPSA) is 98.5 Å². The van der Waals surface area contributed by atoms with Gasteiger partial charge in [-0.2, -0.15) is 0 Å². The molecule has 0 saturated heterocycles. The van der Waals surface area contributed by atoms with E-state index >= 15 is 0 Å². The van der Waals surface area contributed by atoms with Crippen molar-refractivity contribution in [2.24, 2.45) is 17.6 Å². The number of nitrogens with one attached hydrogen (secondary N) is 1. The Morgan fingerprint density at radius 2 is 1.71 bits per heavy atom. The molecular formula is C18H26N2O4. The maximum Gasteiger partial charge on any atom is 0.318 e. The summed E-state index contributed by atoms with van der Waals surface area (Å²) >= 11 is 0. The van der Waals surface area contributed by atoms with Crippen molar-refractivity contribution in [3.8, 4) is 0 Å². The van der Waals surface area contributed by atoms with Crippen molar-refractivity contribution in [1.82, 2.24) is 5.32 Å². The number of imide groups is 1. The molecule has 132 valence electrons.